The molecule has 116 valence electrons. The molecular weight excluding hydrogens is 292 g/mol. The predicted octanol–water partition coefficient (Wildman–Crippen LogP) is 5.07. The summed E-state index contributed by atoms with van der Waals surface area (Å²) in [6, 6.07) is 14.0. The maximum Gasteiger partial charge on any atom is 0.162 e. The fourth-order valence-electron chi connectivity index (χ4n) is 2.06. The van der Waals surface area contributed by atoms with Crippen LogP contribution in [-0.2, 0) is 0 Å². The molecule has 2 rings (SSSR count). The van der Waals surface area contributed by atoms with Gasteiger partial charge >= 0.3 is 0 Å². The van der Waals surface area contributed by atoms with Crippen LogP contribution in [-0.4, -0.2) is 18.1 Å². The van der Waals surface area contributed by atoms with E-state index < -0.39 is 0 Å². The number of thioether (sulfide) groups is 1. The molecule has 0 aromatic heterocycles. The van der Waals surface area contributed by atoms with Crippen molar-refractivity contribution in [2.45, 2.75) is 32.1 Å². The van der Waals surface area contributed by atoms with Crippen LogP contribution in [0.15, 0.2) is 47.4 Å². The second-order valence-corrected chi connectivity index (χ2v) is 6.41. The average Bonchev–Trinajstić information content (AvgIpc) is 2.54. The molecule has 0 saturated heterocycles. The Labute approximate surface area is 136 Å². The van der Waals surface area contributed by atoms with Crippen LogP contribution in [0.4, 0.5) is 0 Å². The van der Waals surface area contributed by atoms with Crippen molar-refractivity contribution in [1.82, 2.24) is 0 Å². The Kier molecular flexibility index (Phi) is 6.08. The van der Waals surface area contributed by atoms with Crippen molar-refractivity contribution in [3.8, 4) is 5.75 Å². The summed E-state index contributed by atoms with van der Waals surface area (Å²) in [7, 11) is 0. The summed E-state index contributed by atoms with van der Waals surface area (Å²) >= 11 is 1.74. The van der Waals surface area contributed by atoms with Gasteiger partial charge in [0.15, 0.2) is 5.78 Å². The molecule has 0 heterocycles. The molecule has 0 spiro atoms. The highest BCUT2D eigenvalue weighted by Gasteiger charge is 2.03. The zero-order chi connectivity index (χ0) is 15.9. The van der Waals surface area contributed by atoms with Crippen molar-refractivity contribution >= 4 is 17.5 Å². The standard InChI is InChI=1S/C19H22O2S/c1-4-19(20)16-6-9-18(10-7-16)22-12-11-21-17-8-5-14(2)15(3)13-17/h5-10,13H,4,11-12H2,1-3H3. The number of aryl methyl sites for hydroxylation is 2. The second-order valence-electron chi connectivity index (χ2n) is 5.24. The SMILES string of the molecule is CCC(=O)c1ccc(SCCOc2ccc(C)c(C)c2)cc1. The zero-order valence-electron chi connectivity index (χ0n) is 13.4. The van der Waals surface area contributed by atoms with E-state index in [9.17, 15) is 4.79 Å². The lowest BCUT2D eigenvalue weighted by molar-refractivity contribution is 0.0988. The van der Waals surface area contributed by atoms with E-state index in [0.29, 0.717) is 13.0 Å². The first-order valence-corrected chi connectivity index (χ1v) is 8.55. The molecule has 0 fully saturated rings. The maximum absolute atomic E-state index is 11.6. The Morgan fingerprint density at radius 3 is 2.41 bits per heavy atom. The van der Waals surface area contributed by atoms with Crippen molar-refractivity contribution in [1.29, 1.82) is 0 Å². The Balaban J connectivity index is 1.78. The van der Waals surface area contributed by atoms with Crippen LogP contribution in [0.2, 0.25) is 0 Å². The predicted molar refractivity (Wildman–Crippen MR) is 93.2 cm³/mol. The molecule has 0 aliphatic heterocycles. The summed E-state index contributed by atoms with van der Waals surface area (Å²) in [5, 5.41) is 0. The third-order valence-electron chi connectivity index (χ3n) is 3.60. The largest absolute Gasteiger partial charge is 0.493 e. The third kappa shape index (κ3) is 4.63. The molecule has 0 aliphatic carbocycles. The lowest BCUT2D eigenvalue weighted by atomic mass is 10.1. The lowest BCUT2D eigenvalue weighted by Gasteiger charge is -2.08. The Morgan fingerprint density at radius 2 is 1.77 bits per heavy atom. The fraction of sp³-hybridized carbons (Fsp3) is 0.316. The summed E-state index contributed by atoms with van der Waals surface area (Å²) in [5.41, 5.74) is 3.32. The van der Waals surface area contributed by atoms with Gasteiger partial charge in [-0.3, -0.25) is 4.79 Å². The highest BCUT2D eigenvalue weighted by atomic mass is 32.2. The molecule has 0 aliphatic rings. The Hall–Kier alpha value is -1.74. The minimum atomic E-state index is 0.189. The summed E-state index contributed by atoms with van der Waals surface area (Å²) in [5.74, 6) is 2.00. The lowest BCUT2D eigenvalue weighted by Crippen LogP contribution is -2.00. The van der Waals surface area contributed by atoms with Gasteiger partial charge in [-0.2, -0.15) is 0 Å². The van der Waals surface area contributed by atoms with E-state index in [1.54, 1.807) is 11.8 Å². The van der Waals surface area contributed by atoms with Gasteiger partial charge in [-0.15, -0.1) is 11.8 Å². The minimum Gasteiger partial charge on any atom is -0.493 e. The van der Waals surface area contributed by atoms with Crippen LogP contribution in [0.5, 0.6) is 5.75 Å². The van der Waals surface area contributed by atoms with E-state index >= 15 is 0 Å². The van der Waals surface area contributed by atoms with Crippen molar-refractivity contribution in [2.24, 2.45) is 0 Å². The van der Waals surface area contributed by atoms with Crippen LogP contribution >= 0.6 is 11.8 Å². The molecule has 0 radical (unpaired) electrons. The molecule has 0 unspecified atom stereocenters. The van der Waals surface area contributed by atoms with Gasteiger partial charge in [0.05, 0.1) is 6.61 Å². The number of benzene rings is 2. The van der Waals surface area contributed by atoms with Gasteiger partial charge in [0.25, 0.3) is 0 Å². The van der Waals surface area contributed by atoms with Gasteiger partial charge in [-0.25, -0.2) is 0 Å². The number of hydrogen-bond donors (Lipinski definition) is 0. The number of rotatable bonds is 7. The summed E-state index contributed by atoms with van der Waals surface area (Å²) < 4.78 is 5.77. The summed E-state index contributed by atoms with van der Waals surface area (Å²) in [4.78, 5) is 12.7. The van der Waals surface area contributed by atoms with E-state index in [0.717, 1.165) is 22.0 Å². The van der Waals surface area contributed by atoms with Crippen LogP contribution < -0.4 is 4.74 Å². The Bertz CT molecular complexity index is 632. The molecular formula is C19H22O2S. The second kappa shape index (κ2) is 8.04. The van der Waals surface area contributed by atoms with Crippen molar-refractivity contribution in [3.05, 3.63) is 59.2 Å². The number of ketones is 1. The van der Waals surface area contributed by atoms with Gasteiger partial charge in [0.1, 0.15) is 5.75 Å². The smallest absolute Gasteiger partial charge is 0.162 e. The first-order valence-electron chi connectivity index (χ1n) is 7.56. The van der Waals surface area contributed by atoms with E-state index in [4.69, 9.17) is 4.74 Å². The van der Waals surface area contributed by atoms with Gasteiger partial charge < -0.3 is 4.74 Å². The van der Waals surface area contributed by atoms with Gasteiger partial charge in [0.2, 0.25) is 0 Å². The molecule has 0 amide bonds. The van der Waals surface area contributed by atoms with Gasteiger partial charge in [-0.05, 0) is 49.2 Å². The highest BCUT2D eigenvalue weighted by molar-refractivity contribution is 7.99. The van der Waals surface area contributed by atoms with E-state index in [2.05, 4.69) is 26.0 Å². The average molecular weight is 314 g/mol. The first-order chi connectivity index (χ1) is 10.6. The van der Waals surface area contributed by atoms with Crippen molar-refractivity contribution in [2.75, 3.05) is 12.4 Å². The highest BCUT2D eigenvalue weighted by Crippen LogP contribution is 2.20. The Morgan fingerprint density at radius 1 is 1.05 bits per heavy atom. The molecule has 0 bridgehead atoms. The molecule has 22 heavy (non-hydrogen) atoms. The van der Waals surface area contributed by atoms with Crippen LogP contribution in [0.1, 0.15) is 34.8 Å². The minimum absolute atomic E-state index is 0.189. The topological polar surface area (TPSA) is 26.3 Å². The van der Waals surface area contributed by atoms with Gasteiger partial charge in [-0.1, -0.05) is 25.1 Å². The van der Waals surface area contributed by atoms with Crippen LogP contribution in [0.25, 0.3) is 0 Å². The zero-order valence-corrected chi connectivity index (χ0v) is 14.2. The molecule has 0 saturated carbocycles. The van der Waals surface area contributed by atoms with Crippen molar-refractivity contribution < 1.29 is 9.53 Å². The van der Waals surface area contributed by atoms with E-state index in [1.165, 1.54) is 11.1 Å². The molecule has 2 aromatic rings. The van der Waals surface area contributed by atoms with E-state index in [-0.39, 0.29) is 5.78 Å². The maximum atomic E-state index is 11.6. The van der Waals surface area contributed by atoms with Crippen LogP contribution in [0.3, 0.4) is 0 Å². The summed E-state index contributed by atoms with van der Waals surface area (Å²) in [6.07, 6.45) is 0.552. The number of carbonyl (C=O) groups is 1. The van der Waals surface area contributed by atoms with Crippen LogP contribution in [0, 0.1) is 13.8 Å². The molecule has 2 nitrogen and oxygen atoms in total. The quantitative estimate of drug-likeness (QED) is 0.405. The number of hydrogen-bond acceptors (Lipinski definition) is 3. The monoisotopic (exact) mass is 314 g/mol. The normalized spacial score (nSPS) is 10.5. The van der Waals surface area contributed by atoms with Crippen molar-refractivity contribution in [3.63, 3.8) is 0 Å². The van der Waals surface area contributed by atoms with Gasteiger partial charge in [0, 0.05) is 22.6 Å². The third-order valence-corrected chi connectivity index (χ3v) is 4.57. The first kappa shape index (κ1) is 16.6. The molecule has 0 atom stereocenters. The number of ether oxygens (including phenoxy) is 1. The molecule has 0 N–H and O–H groups in total. The molecule has 3 heteroatoms. The number of Topliss-reactive ketones (excluding diaryl/α,β-unsaturated/α-hetero) is 1. The summed E-state index contributed by atoms with van der Waals surface area (Å²) in [6.45, 7) is 6.75. The van der Waals surface area contributed by atoms with E-state index in [1.807, 2.05) is 37.3 Å². The molecule has 2 aromatic carbocycles. The fourth-order valence-corrected chi connectivity index (χ4v) is 2.79. The number of carbonyl (C=O) groups excluding carboxylic acids is 1.